The summed E-state index contributed by atoms with van der Waals surface area (Å²) in [6.07, 6.45) is 1.53. The van der Waals surface area contributed by atoms with Crippen LogP contribution in [0.4, 0.5) is 0 Å². The summed E-state index contributed by atoms with van der Waals surface area (Å²) in [7, 11) is 1.78. The maximum absolute atomic E-state index is 4.67. The molecule has 0 aliphatic carbocycles. The summed E-state index contributed by atoms with van der Waals surface area (Å²) in [4.78, 5) is 4.67. The van der Waals surface area contributed by atoms with Crippen molar-refractivity contribution < 1.29 is 4.84 Å². The zero-order valence-electron chi connectivity index (χ0n) is 5.85. The van der Waals surface area contributed by atoms with Crippen LogP contribution < -0.4 is 5.32 Å². The lowest BCUT2D eigenvalue weighted by atomic mass is 10.5. The van der Waals surface area contributed by atoms with Gasteiger partial charge < -0.3 is 10.2 Å². The van der Waals surface area contributed by atoms with Crippen LogP contribution in [0.2, 0.25) is 0 Å². The molecular weight excluding hydrogens is 116 g/mol. The molecule has 0 bridgehead atoms. The van der Waals surface area contributed by atoms with Gasteiger partial charge in [0, 0.05) is 12.7 Å². The van der Waals surface area contributed by atoms with Crippen molar-refractivity contribution in [1.82, 2.24) is 5.32 Å². The topological polar surface area (TPSA) is 33.6 Å². The van der Waals surface area contributed by atoms with Crippen molar-refractivity contribution in [1.29, 1.82) is 0 Å². The third-order valence-electron chi connectivity index (χ3n) is 0.733. The van der Waals surface area contributed by atoms with E-state index in [0.717, 1.165) is 5.70 Å². The largest absolute Gasteiger partial charge is 0.396 e. The molecule has 3 nitrogen and oxygen atoms in total. The van der Waals surface area contributed by atoms with Gasteiger partial charge in [-0.3, -0.25) is 0 Å². The normalized spacial score (nSPS) is 9.56. The Balaban J connectivity index is 3.32. The van der Waals surface area contributed by atoms with E-state index in [1.165, 1.54) is 6.21 Å². The number of rotatable bonds is 4. The van der Waals surface area contributed by atoms with Crippen LogP contribution in [0, 0.1) is 0 Å². The first kappa shape index (κ1) is 8.01. The van der Waals surface area contributed by atoms with E-state index in [9.17, 15) is 0 Å². The van der Waals surface area contributed by atoms with E-state index in [1.807, 2.05) is 6.92 Å². The second-order valence-corrected chi connectivity index (χ2v) is 1.43. The van der Waals surface area contributed by atoms with E-state index in [0.29, 0.717) is 6.61 Å². The van der Waals surface area contributed by atoms with Crippen LogP contribution in [0.15, 0.2) is 17.4 Å². The molecule has 3 heteroatoms. The summed E-state index contributed by atoms with van der Waals surface area (Å²) in [5, 5.41) is 6.37. The van der Waals surface area contributed by atoms with Crippen LogP contribution in [0.25, 0.3) is 0 Å². The second-order valence-electron chi connectivity index (χ2n) is 1.43. The first-order valence-electron chi connectivity index (χ1n) is 2.83. The Morgan fingerprint density at radius 1 is 1.89 bits per heavy atom. The van der Waals surface area contributed by atoms with Crippen LogP contribution in [-0.4, -0.2) is 19.9 Å². The van der Waals surface area contributed by atoms with Gasteiger partial charge in [-0.25, -0.2) is 0 Å². The van der Waals surface area contributed by atoms with Crippen LogP contribution in [-0.2, 0) is 4.84 Å². The zero-order chi connectivity index (χ0) is 7.11. The van der Waals surface area contributed by atoms with Crippen molar-refractivity contribution in [2.24, 2.45) is 5.16 Å². The molecule has 0 heterocycles. The van der Waals surface area contributed by atoms with Crippen molar-refractivity contribution in [2.75, 3.05) is 13.7 Å². The maximum Gasteiger partial charge on any atom is 0.114 e. The molecule has 1 N–H and O–H groups in total. The Bertz CT molecular complexity index is 110. The highest BCUT2D eigenvalue weighted by Crippen LogP contribution is 1.77. The van der Waals surface area contributed by atoms with Crippen molar-refractivity contribution in [3.63, 3.8) is 0 Å². The van der Waals surface area contributed by atoms with Gasteiger partial charge in [0.25, 0.3) is 0 Å². The van der Waals surface area contributed by atoms with Gasteiger partial charge in [-0.2, -0.15) is 0 Å². The zero-order valence-corrected chi connectivity index (χ0v) is 5.85. The molecule has 9 heavy (non-hydrogen) atoms. The van der Waals surface area contributed by atoms with Crippen LogP contribution >= 0.6 is 0 Å². The van der Waals surface area contributed by atoms with E-state index in [4.69, 9.17) is 0 Å². The molecule has 0 aliphatic heterocycles. The third-order valence-corrected chi connectivity index (χ3v) is 0.733. The summed E-state index contributed by atoms with van der Waals surface area (Å²) >= 11 is 0. The number of nitrogens with zero attached hydrogens (tertiary/aromatic N) is 1. The molecule has 0 aromatic rings. The summed E-state index contributed by atoms with van der Waals surface area (Å²) < 4.78 is 0. The monoisotopic (exact) mass is 128 g/mol. The first-order chi connectivity index (χ1) is 4.31. The molecule has 0 unspecified atom stereocenters. The number of allylic oxidation sites excluding steroid dienone is 1. The molecule has 0 amide bonds. The van der Waals surface area contributed by atoms with Gasteiger partial charge >= 0.3 is 0 Å². The molecular formula is C6H12N2O. The maximum atomic E-state index is 4.67. The number of hydrogen-bond donors (Lipinski definition) is 1. The molecule has 0 saturated carbocycles. The molecule has 52 valence electrons. The Morgan fingerprint density at radius 3 is 3.00 bits per heavy atom. The molecule has 0 rings (SSSR count). The molecule has 0 saturated heterocycles. The second kappa shape index (κ2) is 5.15. The minimum absolute atomic E-state index is 0.591. The smallest absolute Gasteiger partial charge is 0.114 e. The van der Waals surface area contributed by atoms with Crippen molar-refractivity contribution in [3.05, 3.63) is 12.3 Å². The van der Waals surface area contributed by atoms with Gasteiger partial charge in [-0.1, -0.05) is 11.7 Å². The highest BCUT2D eigenvalue weighted by molar-refractivity contribution is 5.75. The Hall–Kier alpha value is -0.990. The fraction of sp³-hybridized carbons (Fsp3) is 0.500. The molecule has 0 fully saturated rings. The Kier molecular flexibility index (Phi) is 4.59. The van der Waals surface area contributed by atoms with Crippen molar-refractivity contribution in [3.8, 4) is 0 Å². The molecule has 0 radical (unpaired) electrons. The summed E-state index contributed by atoms with van der Waals surface area (Å²) in [5.41, 5.74) is 0.739. The van der Waals surface area contributed by atoms with Crippen molar-refractivity contribution in [2.45, 2.75) is 6.92 Å². The van der Waals surface area contributed by atoms with E-state index < -0.39 is 0 Å². The Labute approximate surface area is 55.4 Å². The van der Waals surface area contributed by atoms with Gasteiger partial charge in [0.05, 0.1) is 6.21 Å². The highest BCUT2D eigenvalue weighted by atomic mass is 16.6. The average molecular weight is 128 g/mol. The van der Waals surface area contributed by atoms with E-state index >= 15 is 0 Å². The molecule has 0 atom stereocenters. The predicted octanol–water partition coefficient (Wildman–Crippen LogP) is 0.742. The molecule has 0 spiro atoms. The predicted molar refractivity (Wildman–Crippen MR) is 38.3 cm³/mol. The first-order valence-corrected chi connectivity index (χ1v) is 2.83. The molecule has 0 aromatic carbocycles. The minimum atomic E-state index is 0.591. The van der Waals surface area contributed by atoms with E-state index in [1.54, 1.807) is 7.05 Å². The summed E-state index contributed by atoms with van der Waals surface area (Å²) in [6, 6.07) is 0. The van der Waals surface area contributed by atoms with Crippen LogP contribution in [0.3, 0.4) is 0 Å². The van der Waals surface area contributed by atoms with Gasteiger partial charge in [0.2, 0.25) is 0 Å². The van der Waals surface area contributed by atoms with Gasteiger partial charge in [0.1, 0.15) is 6.61 Å². The van der Waals surface area contributed by atoms with Crippen molar-refractivity contribution >= 4 is 6.21 Å². The fourth-order valence-corrected chi connectivity index (χ4v) is 0.240. The number of nitrogens with one attached hydrogen (secondary N) is 1. The molecule has 0 aliphatic rings. The average Bonchev–Trinajstić information content (AvgIpc) is 1.89. The Morgan fingerprint density at radius 2 is 2.56 bits per heavy atom. The SMILES string of the molecule is C=C(/C=N/OCC)NC. The van der Waals surface area contributed by atoms with Gasteiger partial charge in [0.15, 0.2) is 0 Å². The standard InChI is InChI=1S/C6H12N2O/c1-4-9-8-5-6(2)7-3/h5,7H,2,4H2,1,3H3/b8-5+. The molecule has 0 aromatic heterocycles. The third kappa shape index (κ3) is 4.87. The quantitative estimate of drug-likeness (QED) is 0.447. The lowest BCUT2D eigenvalue weighted by Gasteiger charge is -1.94. The van der Waals surface area contributed by atoms with E-state index in [-0.39, 0.29) is 0 Å². The van der Waals surface area contributed by atoms with Gasteiger partial charge in [-0.05, 0) is 6.92 Å². The van der Waals surface area contributed by atoms with Gasteiger partial charge in [-0.15, -0.1) is 0 Å². The highest BCUT2D eigenvalue weighted by Gasteiger charge is 1.78. The number of oxime groups is 1. The van der Waals surface area contributed by atoms with Crippen LogP contribution in [0.1, 0.15) is 6.92 Å². The van der Waals surface area contributed by atoms with Crippen LogP contribution in [0.5, 0.6) is 0 Å². The van der Waals surface area contributed by atoms with E-state index in [2.05, 4.69) is 21.9 Å². The summed E-state index contributed by atoms with van der Waals surface area (Å²) in [5.74, 6) is 0. The number of hydrogen-bond acceptors (Lipinski definition) is 3. The lowest BCUT2D eigenvalue weighted by molar-refractivity contribution is 0.160. The minimum Gasteiger partial charge on any atom is -0.396 e. The summed E-state index contributed by atoms with van der Waals surface area (Å²) in [6.45, 7) is 6.07. The fourth-order valence-electron chi connectivity index (χ4n) is 0.240. The lowest BCUT2D eigenvalue weighted by Crippen LogP contribution is -2.04.